The number of nitrogens with two attached hydrogens (primary N) is 1. The van der Waals surface area contributed by atoms with E-state index in [9.17, 15) is 0 Å². The molecule has 0 aromatic carbocycles. The summed E-state index contributed by atoms with van der Waals surface area (Å²) in [6, 6.07) is 0. The molecule has 0 aliphatic heterocycles. The third kappa shape index (κ3) is 3.85. The fourth-order valence-electron chi connectivity index (χ4n) is 1.62. The minimum Gasteiger partial charge on any atom is -0.481 e. The lowest BCUT2D eigenvalue weighted by molar-refractivity contribution is 0.364. The molecule has 1 aromatic heterocycles. The third-order valence-corrected chi connectivity index (χ3v) is 2.79. The molecule has 3 N–H and O–H groups in total. The van der Waals surface area contributed by atoms with Crippen LogP contribution in [0.5, 0.6) is 5.88 Å². The van der Waals surface area contributed by atoms with Gasteiger partial charge in [0.05, 0.1) is 12.7 Å². The highest BCUT2D eigenvalue weighted by atomic mass is 16.5. The molecule has 0 amide bonds. The minimum absolute atomic E-state index is 0.152. The first kappa shape index (κ1) is 13.7. The largest absolute Gasteiger partial charge is 0.481 e. The highest BCUT2D eigenvalue weighted by Crippen LogP contribution is 2.23. The van der Waals surface area contributed by atoms with Gasteiger partial charge in [-0.2, -0.15) is 0 Å². The zero-order valence-corrected chi connectivity index (χ0v) is 11.1. The lowest BCUT2D eigenvalue weighted by Gasteiger charge is -2.25. The maximum atomic E-state index is 5.59. The van der Waals surface area contributed by atoms with Crippen LogP contribution in [0.15, 0.2) is 6.33 Å². The number of nitrogens with zero attached hydrogens (tertiary/aromatic N) is 2. The SMILES string of the molecule is COc1ncnc(NCC(C)(C)CCN)c1C. The molecule has 1 heterocycles. The smallest absolute Gasteiger partial charge is 0.221 e. The second-order valence-corrected chi connectivity index (χ2v) is 4.91. The number of rotatable bonds is 6. The third-order valence-electron chi connectivity index (χ3n) is 2.79. The molecule has 0 unspecified atom stereocenters. The van der Waals surface area contributed by atoms with E-state index in [-0.39, 0.29) is 5.41 Å². The number of hydrogen-bond acceptors (Lipinski definition) is 5. The molecule has 1 rings (SSSR count). The number of ether oxygens (including phenoxy) is 1. The van der Waals surface area contributed by atoms with Gasteiger partial charge >= 0.3 is 0 Å². The Morgan fingerprint density at radius 1 is 1.41 bits per heavy atom. The molecule has 96 valence electrons. The van der Waals surface area contributed by atoms with Gasteiger partial charge in [0.25, 0.3) is 0 Å². The zero-order valence-electron chi connectivity index (χ0n) is 11.1. The van der Waals surface area contributed by atoms with Gasteiger partial charge in [0.1, 0.15) is 12.1 Å². The van der Waals surface area contributed by atoms with Crippen molar-refractivity contribution in [3.8, 4) is 5.88 Å². The molecule has 0 atom stereocenters. The Morgan fingerprint density at radius 3 is 2.71 bits per heavy atom. The van der Waals surface area contributed by atoms with Crippen molar-refractivity contribution in [1.82, 2.24) is 9.97 Å². The van der Waals surface area contributed by atoms with Crippen LogP contribution >= 0.6 is 0 Å². The first-order valence-corrected chi connectivity index (χ1v) is 5.79. The second kappa shape index (κ2) is 5.82. The predicted molar refractivity (Wildman–Crippen MR) is 69.3 cm³/mol. The molecule has 1 aromatic rings. The van der Waals surface area contributed by atoms with E-state index in [0.717, 1.165) is 24.3 Å². The fraction of sp³-hybridized carbons (Fsp3) is 0.667. The summed E-state index contributed by atoms with van der Waals surface area (Å²) in [6.45, 7) is 7.82. The topological polar surface area (TPSA) is 73.1 Å². The average molecular weight is 238 g/mol. The maximum absolute atomic E-state index is 5.59. The fourth-order valence-corrected chi connectivity index (χ4v) is 1.62. The quantitative estimate of drug-likeness (QED) is 0.787. The summed E-state index contributed by atoms with van der Waals surface area (Å²) in [4.78, 5) is 8.26. The summed E-state index contributed by atoms with van der Waals surface area (Å²) >= 11 is 0. The van der Waals surface area contributed by atoms with E-state index in [1.54, 1.807) is 7.11 Å². The monoisotopic (exact) mass is 238 g/mol. The summed E-state index contributed by atoms with van der Waals surface area (Å²) in [5.41, 5.74) is 6.67. The average Bonchev–Trinajstić information content (AvgIpc) is 2.28. The first-order valence-electron chi connectivity index (χ1n) is 5.79. The summed E-state index contributed by atoms with van der Waals surface area (Å²) in [7, 11) is 1.61. The lowest BCUT2D eigenvalue weighted by atomic mass is 9.89. The van der Waals surface area contributed by atoms with Crippen molar-refractivity contribution in [3.05, 3.63) is 11.9 Å². The van der Waals surface area contributed by atoms with E-state index < -0.39 is 0 Å². The van der Waals surface area contributed by atoms with Crippen LogP contribution in [0.4, 0.5) is 5.82 Å². The Kier molecular flexibility index (Phi) is 4.69. The van der Waals surface area contributed by atoms with Crippen molar-refractivity contribution < 1.29 is 4.74 Å². The van der Waals surface area contributed by atoms with Gasteiger partial charge in [0.2, 0.25) is 5.88 Å². The summed E-state index contributed by atoms with van der Waals surface area (Å²) in [5.74, 6) is 1.43. The molecule has 5 heteroatoms. The van der Waals surface area contributed by atoms with Gasteiger partial charge in [-0.15, -0.1) is 0 Å². The van der Waals surface area contributed by atoms with Crippen molar-refractivity contribution in [2.45, 2.75) is 27.2 Å². The summed E-state index contributed by atoms with van der Waals surface area (Å²) in [6.07, 6.45) is 2.48. The van der Waals surface area contributed by atoms with Crippen LogP contribution in [0.2, 0.25) is 0 Å². The van der Waals surface area contributed by atoms with Gasteiger partial charge in [-0.3, -0.25) is 0 Å². The second-order valence-electron chi connectivity index (χ2n) is 4.91. The van der Waals surface area contributed by atoms with E-state index in [2.05, 4.69) is 29.1 Å². The van der Waals surface area contributed by atoms with Crippen LogP contribution in [-0.2, 0) is 0 Å². The number of nitrogens with one attached hydrogen (secondary N) is 1. The zero-order chi connectivity index (χ0) is 12.9. The van der Waals surface area contributed by atoms with Crippen molar-refractivity contribution in [1.29, 1.82) is 0 Å². The molecule has 0 saturated heterocycles. The lowest BCUT2D eigenvalue weighted by Crippen LogP contribution is -2.26. The van der Waals surface area contributed by atoms with E-state index in [1.165, 1.54) is 6.33 Å². The number of aromatic nitrogens is 2. The molecule has 0 aliphatic carbocycles. The van der Waals surface area contributed by atoms with Crippen molar-refractivity contribution in [2.24, 2.45) is 11.1 Å². The molecule has 0 saturated carbocycles. The van der Waals surface area contributed by atoms with Gasteiger partial charge < -0.3 is 15.8 Å². The van der Waals surface area contributed by atoms with Crippen LogP contribution in [0.1, 0.15) is 25.8 Å². The predicted octanol–water partition coefficient (Wildman–Crippen LogP) is 1.58. The van der Waals surface area contributed by atoms with Crippen LogP contribution < -0.4 is 15.8 Å². The molecule has 0 bridgehead atoms. The first-order chi connectivity index (χ1) is 8.00. The van der Waals surface area contributed by atoms with Gasteiger partial charge in [0, 0.05) is 6.54 Å². The molecular weight excluding hydrogens is 216 g/mol. The maximum Gasteiger partial charge on any atom is 0.221 e. The number of anilines is 1. The number of methoxy groups -OCH3 is 1. The highest BCUT2D eigenvalue weighted by Gasteiger charge is 2.17. The Hall–Kier alpha value is -1.36. The Morgan fingerprint density at radius 2 is 2.12 bits per heavy atom. The molecule has 0 spiro atoms. The standard InChI is InChI=1S/C12H22N4O/c1-9-10(15-8-16-11(9)17-4)14-7-12(2,3)5-6-13/h8H,5-7,13H2,1-4H3,(H,14,15,16). The Bertz CT molecular complexity index is 366. The van der Waals surface area contributed by atoms with Crippen LogP contribution in [0.25, 0.3) is 0 Å². The molecule has 0 fully saturated rings. The van der Waals surface area contributed by atoms with Crippen LogP contribution in [0, 0.1) is 12.3 Å². The molecular formula is C12H22N4O. The van der Waals surface area contributed by atoms with E-state index >= 15 is 0 Å². The Balaban J connectivity index is 2.69. The molecule has 17 heavy (non-hydrogen) atoms. The van der Waals surface area contributed by atoms with Gasteiger partial charge in [0.15, 0.2) is 0 Å². The summed E-state index contributed by atoms with van der Waals surface area (Å²) in [5, 5.41) is 3.33. The normalized spacial score (nSPS) is 11.4. The van der Waals surface area contributed by atoms with Gasteiger partial charge in [-0.1, -0.05) is 13.8 Å². The van der Waals surface area contributed by atoms with Gasteiger partial charge in [-0.25, -0.2) is 9.97 Å². The highest BCUT2D eigenvalue weighted by molar-refractivity contribution is 5.47. The van der Waals surface area contributed by atoms with E-state index in [1.807, 2.05) is 6.92 Å². The van der Waals surface area contributed by atoms with Crippen molar-refractivity contribution >= 4 is 5.82 Å². The Labute approximate surface area is 103 Å². The van der Waals surface area contributed by atoms with Crippen molar-refractivity contribution in [2.75, 3.05) is 25.5 Å². The summed E-state index contributed by atoms with van der Waals surface area (Å²) < 4.78 is 5.15. The van der Waals surface area contributed by atoms with Crippen LogP contribution in [0.3, 0.4) is 0 Å². The number of hydrogen-bond donors (Lipinski definition) is 2. The molecule has 0 aliphatic rings. The van der Waals surface area contributed by atoms with Crippen LogP contribution in [-0.4, -0.2) is 30.2 Å². The van der Waals surface area contributed by atoms with E-state index in [4.69, 9.17) is 10.5 Å². The van der Waals surface area contributed by atoms with Crippen molar-refractivity contribution in [3.63, 3.8) is 0 Å². The minimum atomic E-state index is 0.152. The van der Waals surface area contributed by atoms with Gasteiger partial charge in [-0.05, 0) is 25.3 Å². The molecule has 0 radical (unpaired) electrons. The molecule has 5 nitrogen and oxygen atoms in total. The van der Waals surface area contributed by atoms with E-state index in [0.29, 0.717) is 12.4 Å².